The van der Waals surface area contributed by atoms with E-state index >= 15 is 0 Å². The zero-order valence-electron chi connectivity index (χ0n) is 13.6. The number of nitriles is 1. The van der Waals surface area contributed by atoms with Gasteiger partial charge in [-0.1, -0.05) is 12.1 Å². The molecule has 0 spiro atoms. The molecule has 1 aliphatic rings. The second-order valence-corrected chi connectivity index (χ2v) is 7.50. The van der Waals surface area contributed by atoms with Crippen LogP contribution in [0.5, 0.6) is 0 Å². The van der Waals surface area contributed by atoms with E-state index in [1.807, 2.05) is 0 Å². The molecule has 134 valence electrons. The molecule has 3 rings (SSSR count). The van der Waals surface area contributed by atoms with Gasteiger partial charge in [-0.3, -0.25) is 15.1 Å². The quantitative estimate of drug-likeness (QED) is 0.629. The molecule has 10 heteroatoms. The van der Waals surface area contributed by atoms with Crippen molar-refractivity contribution in [3.05, 3.63) is 64.0 Å². The summed E-state index contributed by atoms with van der Waals surface area (Å²) in [7, 11) is -4.12. The van der Waals surface area contributed by atoms with Crippen molar-refractivity contribution in [2.75, 3.05) is 19.6 Å². The maximum Gasteiger partial charge on any atom is 0.288 e. The summed E-state index contributed by atoms with van der Waals surface area (Å²) in [6, 6.07) is 8.25. The lowest BCUT2D eigenvalue weighted by molar-refractivity contribution is -0.385. The zero-order valence-corrected chi connectivity index (χ0v) is 14.4. The number of hydrogen-bond donors (Lipinski definition) is 1. The maximum absolute atomic E-state index is 13.2. The highest BCUT2D eigenvalue weighted by Crippen LogP contribution is 2.32. The van der Waals surface area contributed by atoms with Gasteiger partial charge in [-0.25, -0.2) is 8.42 Å². The van der Waals surface area contributed by atoms with Gasteiger partial charge in [0, 0.05) is 38.1 Å². The molecule has 2 aromatic rings. The Morgan fingerprint density at radius 2 is 2.15 bits per heavy atom. The van der Waals surface area contributed by atoms with Crippen molar-refractivity contribution >= 4 is 15.7 Å². The van der Waals surface area contributed by atoms with Crippen LogP contribution in [0.15, 0.2) is 47.6 Å². The van der Waals surface area contributed by atoms with Gasteiger partial charge in [0.05, 0.1) is 11.0 Å². The van der Waals surface area contributed by atoms with Crippen molar-refractivity contribution in [1.29, 1.82) is 5.26 Å². The molecule has 0 saturated carbocycles. The second kappa shape index (κ2) is 7.17. The Labute approximate surface area is 150 Å². The SMILES string of the molecule is N#Cc1c([N+](=O)[O-])cccc1S(=O)(=O)N1CCNCC1c1cccnc1. The first-order valence-electron chi connectivity index (χ1n) is 7.77. The molecule has 26 heavy (non-hydrogen) atoms. The number of nitrogens with zero attached hydrogens (tertiary/aromatic N) is 4. The predicted molar refractivity (Wildman–Crippen MR) is 91.6 cm³/mol. The largest absolute Gasteiger partial charge is 0.313 e. The van der Waals surface area contributed by atoms with Gasteiger partial charge in [0.25, 0.3) is 5.69 Å². The number of nitro benzene ring substituents is 1. The molecule has 1 saturated heterocycles. The van der Waals surface area contributed by atoms with Gasteiger partial charge in [0.1, 0.15) is 16.5 Å². The molecule has 0 amide bonds. The lowest BCUT2D eigenvalue weighted by Gasteiger charge is -2.35. The number of aromatic nitrogens is 1. The van der Waals surface area contributed by atoms with Crippen LogP contribution in [0.2, 0.25) is 0 Å². The van der Waals surface area contributed by atoms with E-state index in [0.29, 0.717) is 18.7 Å². The maximum atomic E-state index is 13.2. The normalized spacial score (nSPS) is 18.2. The Hall–Kier alpha value is -2.87. The third kappa shape index (κ3) is 3.15. The fraction of sp³-hybridized carbons (Fsp3) is 0.250. The molecule has 0 bridgehead atoms. The minimum absolute atomic E-state index is 0.176. The van der Waals surface area contributed by atoms with Crippen molar-refractivity contribution < 1.29 is 13.3 Å². The monoisotopic (exact) mass is 373 g/mol. The van der Waals surface area contributed by atoms with Crippen LogP contribution in [0, 0.1) is 21.4 Å². The summed E-state index contributed by atoms with van der Waals surface area (Å²) in [4.78, 5) is 14.1. The molecule has 2 heterocycles. The van der Waals surface area contributed by atoms with Crippen LogP contribution in [-0.2, 0) is 10.0 Å². The fourth-order valence-electron chi connectivity index (χ4n) is 2.96. The summed E-state index contributed by atoms with van der Waals surface area (Å²) in [5.74, 6) is 0. The molecular formula is C16H15N5O4S. The van der Waals surface area contributed by atoms with E-state index < -0.39 is 32.2 Å². The molecule has 1 aromatic carbocycles. The number of piperazine rings is 1. The average molecular weight is 373 g/mol. The van der Waals surface area contributed by atoms with Crippen molar-refractivity contribution in [3.8, 4) is 6.07 Å². The van der Waals surface area contributed by atoms with Crippen molar-refractivity contribution in [1.82, 2.24) is 14.6 Å². The van der Waals surface area contributed by atoms with Gasteiger partial charge in [-0.2, -0.15) is 9.57 Å². The highest BCUT2D eigenvalue weighted by Gasteiger charge is 2.37. The minimum atomic E-state index is -4.12. The summed E-state index contributed by atoms with van der Waals surface area (Å²) in [6.45, 7) is 0.990. The fourth-order valence-corrected chi connectivity index (χ4v) is 4.73. The number of nitrogens with one attached hydrogen (secondary N) is 1. The van der Waals surface area contributed by atoms with E-state index in [0.717, 1.165) is 6.07 Å². The Morgan fingerprint density at radius 1 is 1.35 bits per heavy atom. The third-order valence-corrected chi connectivity index (χ3v) is 6.11. The zero-order chi connectivity index (χ0) is 18.7. The van der Waals surface area contributed by atoms with Crippen LogP contribution in [0.4, 0.5) is 5.69 Å². The highest BCUT2D eigenvalue weighted by molar-refractivity contribution is 7.89. The standard InChI is InChI=1S/C16H15N5O4S/c17-9-13-14(21(22)23)4-1-5-16(13)26(24,25)20-8-7-19-11-15(20)12-3-2-6-18-10-12/h1-6,10,15,19H,7-8,11H2. The Balaban J connectivity index is 2.11. The summed E-state index contributed by atoms with van der Waals surface area (Å²) in [6.07, 6.45) is 3.17. The van der Waals surface area contributed by atoms with Gasteiger partial charge in [-0.05, 0) is 17.7 Å². The number of nitro groups is 1. The third-order valence-electron chi connectivity index (χ3n) is 4.16. The van der Waals surface area contributed by atoms with E-state index in [-0.39, 0.29) is 11.4 Å². The smallest absolute Gasteiger partial charge is 0.288 e. The number of hydrogen-bond acceptors (Lipinski definition) is 7. The molecule has 0 aliphatic carbocycles. The number of benzene rings is 1. The van der Waals surface area contributed by atoms with E-state index in [9.17, 15) is 23.8 Å². The van der Waals surface area contributed by atoms with Gasteiger partial charge >= 0.3 is 0 Å². The second-order valence-electron chi connectivity index (χ2n) is 5.64. The Kier molecular flexibility index (Phi) is 4.94. The molecule has 9 nitrogen and oxygen atoms in total. The first-order valence-corrected chi connectivity index (χ1v) is 9.21. The Morgan fingerprint density at radius 3 is 2.81 bits per heavy atom. The molecule has 1 aromatic heterocycles. The lowest BCUT2D eigenvalue weighted by Crippen LogP contribution is -2.48. The van der Waals surface area contributed by atoms with Crippen LogP contribution < -0.4 is 5.32 Å². The van der Waals surface area contributed by atoms with Crippen LogP contribution in [0.3, 0.4) is 0 Å². The molecule has 1 N–H and O–H groups in total. The average Bonchev–Trinajstić information content (AvgIpc) is 2.67. The first kappa shape index (κ1) is 17.9. The molecule has 1 aliphatic heterocycles. The van der Waals surface area contributed by atoms with Crippen LogP contribution in [-0.4, -0.2) is 42.3 Å². The molecule has 0 radical (unpaired) electrons. The van der Waals surface area contributed by atoms with E-state index in [1.165, 1.54) is 16.4 Å². The number of pyridine rings is 1. The van der Waals surface area contributed by atoms with E-state index in [1.54, 1.807) is 30.6 Å². The first-order chi connectivity index (χ1) is 12.5. The minimum Gasteiger partial charge on any atom is -0.313 e. The van der Waals surface area contributed by atoms with Crippen molar-refractivity contribution in [2.24, 2.45) is 0 Å². The molecular weight excluding hydrogens is 358 g/mol. The molecule has 1 fully saturated rings. The van der Waals surface area contributed by atoms with Crippen LogP contribution >= 0.6 is 0 Å². The number of rotatable bonds is 4. The van der Waals surface area contributed by atoms with E-state index in [4.69, 9.17) is 0 Å². The van der Waals surface area contributed by atoms with Crippen molar-refractivity contribution in [2.45, 2.75) is 10.9 Å². The summed E-state index contributed by atoms with van der Waals surface area (Å²) >= 11 is 0. The van der Waals surface area contributed by atoms with Crippen LogP contribution in [0.1, 0.15) is 17.2 Å². The van der Waals surface area contributed by atoms with Crippen molar-refractivity contribution in [3.63, 3.8) is 0 Å². The number of sulfonamides is 1. The summed E-state index contributed by atoms with van der Waals surface area (Å²) in [5.41, 5.74) is -0.283. The predicted octanol–water partition coefficient (Wildman–Crippen LogP) is 1.20. The highest BCUT2D eigenvalue weighted by atomic mass is 32.2. The molecule has 1 atom stereocenters. The Bertz CT molecular complexity index is 972. The topological polar surface area (TPSA) is 129 Å². The molecule has 1 unspecified atom stereocenters. The van der Waals surface area contributed by atoms with E-state index in [2.05, 4.69) is 10.3 Å². The summed E-state index contributed by atoms with van der Waals surface area (Å²) in [5, 5.41) is 23.6. The van der Waals surface area contributed by atoms with Gasteiger partial charge in [0.15, 0.2) is 0 Å². The summed E-state index contributed by atoms with van der Waals surface area (Å²) < 4.78 is 27.7. The van der Waals surface area contributed by atoms with Crippen LogP contribution in [0.25, 0.3) is 0 Å². The van der Waals surface area contributed by atoms with Gasteiger partial charge in [-0.15, -0.1) is 0 Å². The lowest BCUT2D eigenvalue weighted by atomic mass is 10.1. The van der Waals surface area contributed by atoms with Gasteiger partial charge in [0.2, 0.25) is 10.0 Å². The van der Waals surface area contributed by atoms with Gasteiger partial charge < -0.3 is 5.32 Å².